The van der Waals surface area contributed by atoms with Crippen LogP contribution in [0.2, 0.25) is 0 Å². The lowest BCUT2D eigenvalue weighted by atomic mass is 9.84. The van der Waals surface area contributed by atoms with Crippen LogP contribution in [0.15, 0.2) is 18.2 Å². The highest BCUT2D eigenvalue weighted by Gasteiger charge is 2.38. The van der Waals surface area contributed by atoms with Crippen molar-refractivity contribution in [1.82, 2.24) is 9.80 Å². The van der Waals surface area contributed by atoms with Crippen LogP contribution >= 0.6 is 11.8 Å². The third-order valence-electron chi connectivity index (χ3n) is 5.12. The van der Waals surface area contributed by atoms with Crippen molar-refractivity contribution in [2.24, 2.45) is 5.92 Å². The number of rotatable bonds is 2. The van der Waals surface area contributed by atoms with Crippen LogP contribution in [0.3, 0.4) is 0 Å². The number of aliphatic carboxylic acids is 1. The lowest BCUT2D eigenvalue weighted by Gasteiger charge is -2.40. The summed E-state index contributed by atoms with van der Waals surface area (Å²) in [5.41, 5.74) is -1.09. The quantitative estimate of drug-likeness (QED) is 0.744. The first kappa shape index (κ1) is 20.8. The number of carboxylic acids is 1. The number of hydrogen-bond acceptors (Lipinski definition) is 3. The molecule has 1 aromatic carbocycles. The minimum absolute atomic E-state index is 0.00551. The van der Waals surface area contributed by atoms with Crippen LogP contribution in [0.25, 0.3) is 0 Å². The number of thioether (sulfide) groups is 1. The molecule has 28 heavy (non-hydrogen) atoms. The third kappa shape index (κ3) is 4.53. The molecule has 0 saturated carbocycles. The lowest BCUT2D eigenvalue weighted by molar-refractivity contribution is -0.143. The second-order valence-corrected chi connectivity index (χ2v) is 8.21. The first-order valence-electron chi connectivity index (χ1n) is 8.88. The number of amides is 2. The van der Waals surface area contributed by atoms with Gasteiger partial charge in [-0.15, -0.1) is 0 Å². The SMILES string of the molecule is O=C(O)C1CC(c2ccc(C(F)(F)F)cc2F)CN(C(=O)N2CCSCC2)C1. The van der Waals surface area contributed by atoms with Crippen LogP contribution in [-0.4, -0.2) is 64.6 Å². The van der Waals surface area contributed by atoms with Gasteiger partial charge in [0.2, 0.25) is 0 Å². The average Bonchev–Trinajstić information content (AvgIpc) is 2.67. The van der Waals surface area contributed by atoms with Crippen molar-refractivity contribution < 1.29 is 32.3 Å². The van der Waals surface area contributed by atoms with E-state index in [-0.39, 0.29) is 31.1 Å². The normalized spacial score (nSPS) is 23.6. The number of carboxylic acid groups (broad SMARTS) is 1. The molecule has 2 fully saturated rings. The number of halogens is 4. The van der Waals surface area contributed by atoms with E-state index < -0.39 is 35.4 Å². The van der Waals surface area contributed by atoms with Gasteiger partial charge in [0.25, 0.3) is 0 Å². The molecule has 2 heterocycles. The van der Waals surface area contributed by atoms with Gasteiger partial charge in [-0.2, -0.15) is 24.9 Å². The molecular weight excluding hydrogens is 400 g/mol. The summed E-state index contributed by atoms with van der Waals surface area (Å²) in [6.07, 6.45) is -4.60. The number of carbonyl (C=O) groups excluding carboxylic acids is 1. The summed E-state index contributed by atoms with van der Waals surface area (Å²) < 4.78 is 52.7. The maximum absolute atomic E-state index is 14.4. The summed E-state index contributed by atoms with van der Waals surface area (Å²) in [4.78, 5) is 27.4. The molecule has 2 aliphatic heterocycles. The highest BCUT2D eigenvalue weighted by atomic mass is 32.2. The molecule has 10 heteroatoms. The van der Waals surface area contributed by atoms with E-state index in [1.54, 1.807) is 16.7 Å². The Morgan fingerprint density at radius 3 is 2.36 bits per heavy atom. The van der Waals surface area contributed by atoms with Gasteiger partial charge in [0.1, 0.15) is 5.82 Å². The van der Waals surface area contributed by atoms with Crippen molar-refractivity contribution in [1.29, 1.82) is 0 Å². The summed E-state index contributed by atoms with van der Waals surface area (Å²) in [5.74, 6) is -2.14. The Kier molecular flexibility index (Phi) is 6.07. The van der Waals surface area contributed by atoms with Crippen molar-refractivity contribution in [2.75, 3.05) is 37.7 Å². The fourth-order valence-corrected chi connectivity index (χ4v) is 4.55. The zero-order valence-electron chi connectivity index (χ0n) is 14.9. The fourth-order valence-electron chi connectivity index (χ4n) is 3.65. The molecule has 3 rings (SSSR count). The Morgan fingerprint density at radius 1 is 1.11 bits per heavy atom. The summed E-state index contributed by atoms with van der Waals surface area (Å²) in [6, 6.07) is 1.96. The lowest BCUT2D eigenvalue weighted by Crippen LogP contribution is -2.52. The molecule has 0 bridgehead atoms. The summed E-state index contributed by atoms with van der Waals surface area (Å²) in [5, 5.41) is 9.44. The van der Waals surface area contributed by atoms with E-state index in [2.05, 4.69) is 0 Å². The molecule has 2 amide bonds. The van der Waals surface area contributed by atoms with Crippen LogP contribution in [-0.2, 0) is 11.0 Å². The zero-order chi connectivity index (χ0) is 20.5. The second-order valence-electron chi connectivity index (χ2n) is 6.99. The van der Waals surface area contributed by atoms with E-state index in [0.717, 1.165) is 23.6 Å². The molecule has 0 aromatic heterocycles. The maximum atomic E-state index is 14.4. The Morgan fingerprint density at radius 2 is 1.79 bits per heavy atom. The van der Waals surface area contributed by atoms with Gasteiger partial charge in [-0.3, -0.25) is 4.79 Å². The molecule has 1 N–H and O–H groups in total. The van der Waals surface area contributed by atoms with Gasteiger partial charge >= 0.3 is 18.2 Å². The van der Waals surface area contributed by atoms with E-state index in [9.17, 15) is 32.3 Å². The van der Waals surface area contributed by atoms with Gasteiger partial charge in [0.15, 0.2) is 0 Å². The van der Waals surface area contributed by atoms with Gasteiger partial charge in [-0.05, 0) is 24.1 Å². The largest absolute Gasteiger partial charge is 0.481 e. The molecule has 1 aromatic rings. The highest BCUT2D eigenvalue weighted by Crippen LogP contribution is 2.36. The average molecular weight is 420 g/mol. The summed E-state index contributed by atoms with van der Waals surface area (Å²) in [6.45, 7) is 1.19. The van der Waals surface area contributed by atoms with Crippen LogP contribution in [0.4, 0.5) is 22.4 Å². The fraction of sp³-hybridized carbons (Fsp3) is 0.556. The Labute approximate surface area is 163 Å². The van der Waals surface area contributed by atoms with Crippen LogP contribution in [0.1, 0.15) is 23.5 Å². The predicted molar refractivity (Wildman–Crippen MR) is 95.8 cm³/mol. The molecule has 0 spiro atoms. The minimum Gasteiger partial charge on any atom is -0.481 e. The third-order valence-corrected chi connectivity index (χ3v) is 6.06. The van der Waals surface area contributed by atoms with Crippen LogP contribution < -0.4 is 0 Å². The number of likely N-dealkylation sites (tertiary alicyclic amines) is 1. The number of benzene rings is 1. The number of hydrogen-bond donors (Lipinski definition) is 1. The second kappa shape index (κ2) is 8.18. The number of alkyl halides is 3. The number of piperidine rings is 1. The van der Waals surface area contributed by atoms with Crippen LogP contribution in [0, 0.1) is 11.7 Å². The van der Waals surface area contributed by atoms with Crippen LogP contribution in [0.5, 0.6) is 0 Å². The van der Waals surface area contributed by atoms with Gasteiger partial charge in [0.05, 0.1) is 11.5 Å². The molecule has 5 nitrogen and oxygen atoms in total. The summed E-state index contributed by atoms with van der Waals surface area (Å²) in [7, 11) is 0. The smallest absolute Gasteiger partial charge is 0.416 e. The number of carbonyl (C=O) groups is 2. The van der Waals surface area contributed by atoms with Crippen molar-refractivity contribution in [3.05, 3.63) is 35.1 Å². The molecule has 2 unspecified atom stereocenters. The standard InChI is InChI=1S/C18H20F4N2O3S/c19-15-8-13(18(20,21)22)1-2-14(15)11-7-12(16(25)26)10-24(9-11)17(27)23-3-5-28-6-4-23/h1-2,8,11-12H,3-7,9-10H2,(H,25,26). The van der Waals surface area contributed by atoms with E-state index in [0.29, 0.717) is 19.2 Å². The van der Waals surface area contributed by atoms with Crippen molar-refractivity contribution in [3.63, 3.8) is 0 Å². The van der Waals surface area contributed by atoms with Crippen molar-refractivity contribution in [3.8, 4) is 0 Å². The Hall–Kier alpha value is -1.97. The molecule has 2 aliphatic rings. The van der Waals surface area contributed by atoms with Gasteiger partial charge in [0, 0.05) is 43.6 Å². The molecule has 154 valence electrons. The first-order valence-corrected chi connectivity index (χ1v) is 10.0. The van der Waals surface area contributed by atoms with E-state index >= 15 is 0 Å². The van der Waals surface area contributed by atoms with E-state index in [4.69, 9.17) is 0 Å². The minimum atomic E-state index is -4.66. The predicted octanol–water partition coefficient (Wildman–Crippen LogP) is 3.50. The maximum Gasteiger partial charge on any atom is 0.416 e. The topological polar surface area (TPSA) is 60.9 Å². The molecule has 0 radical (unpaired) electrons. The Balaban J connectivity index is 1.83. The highest BCUT2D eigenvalue weighted by molar-refractivity contribution is 7.99. The molecule has 2 saturated heterocycles. The van der Waals surface area contributed by atoms with Crippen molar-refractivity contribution >= 4 is 23.8 Å². The van der Waals surface area contributed by atoms with E-state index in [1.807, 2.05) is 0 Å². The summed E-state index contributed by atoms with van der Waals surface area (Å²) >= 11 is 1.72. The molecular formula is C18H20F4N2O3S. The Bertz CT molecular complexity index is 753. The number of nitrogens with zero attached hydrogens (tertiary/aromatic N) is 2. The van der Waals surface area contributed by atoms with Gasteiger partial charge < -0.3 is 14.9 Å². The first-order chi connectivity index (χ1) is 13.2. The number of urea groups is 1. The molecule has 2 atom stereocenters. The van der Waals surface area contributed by atoms with E-state index in [1.165, 1.54) is 4.90 Å². The van der Waals surface area contributed by atoms with Gasteiger partial charge in [-0.25, -0.2) is 9.18 Å². The van der Waals surface area contributed by atoms with Crippen molar-refractivity contribution in [2.45, 2.75) is 18.5 Å². The zero-order valence-corrected chi connectivity index (χ0v) is 15.7. The molecule has 0 aliphatic carbocycles. The van der Waals surface area contributed by atoms with Gasteiger partial charge in [-0.1, -0.05) is 6.07 Å². The monoisotopic (exact) mass is 420 g/mol.